The molecule has 2 heterocycles. The summed E-state index contributed by atoms with van der Waals surface area (Å²) in [6.45, 7) is 4.66. The molecule has 0 bridgehead atoms. The minimum Gasteiger partial charge on any atom is -0.358 e. The van der Waals surface area contributed by atoms with Crippen LogP contribution < -0.4 is 9.47 Å². The lowest BCUT2D eigenvalue weighted by Crippen LogP contribution is -2.25. The van der Waals surface area contributed by atoms with Crippen LogP contribution in [0, 0.1) is 7.43 Å². The summed E-state index contributed by atoms with van der Waals surface area (Å²) in [5.41, 5.74) is 2.46. The van der Waals surface area contributed by atoms with Crippen molar-refractivity contribution in [2.45, 2.75) is 11.3 Å². The highest BCUT2D eigenvalue weighted by molar-refractivity contribution is 8.03. The first kappa shape index (κ1) is 19.8. The highest BCUT2D eigenvalue weighted by Crippen LogP contribution is 2.47. The molecule has 134 valence electrons. The van der Waals surface area contributed by atoms with Crippen molar-refractivity contribution in [1.82, 2.24) is 0 Å². The van der Waals surface area contributed by atoms with E-state index < -0.39 is 7.14 Å². The first-order valence-electron chi connectivity index (χ1n) is 8.18. The van der Waals surface area contributed by atoms with Crippen LogP contribution in [0.25, 0.3) is 6.08 Å². The van der Waals surface area contributed by atoms with Crippen molar-refractivity contribution in [2.75, 3.05) is 30.9 Å². The number of para-hydroxylation sites is 1. The van der Waals surface area contributed by atoms with Crippen molar-refractivity contribution >= 4 is 30.7 Å². The molecule has 1 aliphatic rings. The van der Waals surface area contributed by atoms with Gasteiger partial charge in [0.25, 0.3) is 0 Å². The van der Waals surface area contributed by atoms with Gasteiger partial charge in [0.1, 0.15) is 7.05 Å². The zero-order valence-corrected chi connectivity index (χ0v) is 17.2. The van der Waals surface area contributed by atoms with Gasteiger partial charge in [-0.2, -0.15) is 0 Å². The lowest BCUT2D eigenvalue weighted by Gasteiger charge is -2.21. The van der Waals surface area contributed by atoms with E-state index in [1.54, 1.807) is 0 Å². The number of pyridine rings is 1. The molecule has 2 aromatic rings. The number of benzene rings is 1. The second-order valence-corrected chi connectivity index (χ2v) is 11.3. The Labute approximate surface area is 156 Å². The molecule has 0 spiro atoms. The standard InChI is InChI=1S/C19H24N2OPS.CH3/c1-20-12-9-16(10-13-20)15-19-21(11-6-14-23(2,3)22)17-7-4-5-8-18(17)24-19;/h4-5,7-10,12-13,15H,6,11,14H2,1-3H3;1H3/q+1;-1. The van der Waals surface area contributed by atoms with E-state index in [0.717, 1.165) is 19.1 Å². The molecule has 0 radical (unpaired) electrons. The Morgan fingerprint density at radius 3 is 2.52 bits per heavy atom. The van der Waals surface area contributed by atoms with E-state index in [4.69, 9.17) is 0 Å². The van der Waals surface area contributed by atoms with Crippen molar-refractivity contribution in [2.24, 2.45) is 7.05 Å². The fourth-order valence-corrected chi connectivity index (χ4v) is 4.80. The average Bonchev–Trinajstić information content (AvgIpc) is 2.86. The van der Waals surface area contributed by atoms with Gasteiger partial charge < -0.3 is 16.9 Å². The highest BCUT2D eigenvalue weighted by atomic mass is 32.2. The zero-order chi connectivity index (χ0) is 17.2. The number of rotatable bonds is 5. The molecule has 3 nitrogen and oxygen atoms in total. The number of hydrogen-bond acceptors (Lipinski definition) is 3. The third-order valence-electron chi connectivity index (χ3n) is 4.01. The van der Waals surface area contributed by atoms with Crippen LogP contribution in [0.1, 0.15) is 12.0 Å². The maximum atomic E-state index is 12.0. The molecule has 0 saturated carbocycles. The van der Waals surface area contributed by atoms with Crippen molar-refractivity contribution < 1.29 is 9.13 Å². The number of thioether (sulfide) groups is 1. The minimum atomic E-state index is -1.95. The van der Waals surface area contributed by atoms with E-state index in [1.165, 1.54) is 21.2 Å². The van der Waals surface area contributed by atoms with Crippen LogP contribution in [0.2, 0.25) is 0 Å². The molecular weight excluding hydrogens is 347 g/mol. The molecular formula is C20H27N2OPS. The van der Waals surface area contributed by atoms with Crippen LogP contribution in [0.4, 0.5) is 5.69 Å². The lowest BCUT2D eigenvalue weighted by atomic mass is 10.2. The molecule has 0 N–H and O–H groups in total. The number of nitrogens with zero attached hydrogens (tertiary/aromatic N) is 2. The fourth-order valence-electron chi connectivity index (χ4n) is 2.75. The van der Waals surface area contributed by atoms with Crippen molar-refractivity contribution in [3.8, 4) is 0 Å². The third kappa shape index (κ3) is 5.23. The van der Waals surface area contributed by atoms with Crippen LogP contribution in [0.3, 0.4) is 0 Å². The molecule has 0 fully saturated rings. The number of anilines is 1. The van der Waals surface area contributed by atoms with Crippen LogP contribution in [-0.4, -0.2) is 26.0 Å². The van der Waals surface area contributed by atoms with Gasteiger partial charge in [-0.05, 0) is 43.5 Å². The summed E-state index contributed by atoms with van der Waals surface area (Å²) >= 11 is 1.81. The van der Waals surface area contributed by atoms with Gasteiger partial charge in [0.2, 0.25) is 0 Å². The Morgan fingerprint density at radius 1 is 1.16 bits per heavy atom. The van der Waals surface area contributed by atoms with Crippen LogP contribution in [0.5, 0.6) is 0 Å². The summed E-state index contributed by atoms with van der Waals surface area (Å²) in [6, 6.07) is 12.8. The van der Waals surface area contributed by atoms with E-state index >= 15 is 0 Å². The Balaban J connectivity index is 0.00000225. The maximum absolute atomic E-state index is 12.0. The van der Waals surface area contributed by atoms with Crippen molar-refractivity contribution in [3.05, 3.63) is 66.8 Å². The van der Waals surface area contributed by atoms with E-state index in [-0.39, 0.29) is 7.43 Å². The molecule has 3 rings (SSSR count). The number of aryl methyl sites for hydroxylation is 1. The Kier molecular flexibility index (Phi) is 6.53. The fraction of sp³-hybridized carbons (Fsp3) is 0.300. The lowest BCUT2D eigenvalue weighted by molar-refractivity contribution is -0.671. The predicted molar refractivity (Wildman–Crippen MR) is 111 cm³/mol. The van der Waals surface area contributed by atoms with E-state index in [1.807, 2.05) is 36.7 Å². The van der Waals surface area contributed by atoms with Crippen LogP contribution in [-0.2, 0) is 11.6 Å². The molecule has 1 aliphatic heterocycles. The Hall–Kier alpha value is -1.51. The van der Waals surface area contributed by atoms with Gasteiger partial charge in [0.15, 0.2) is 12.4 Å². The molecule has 1 aromatic heterocycles. The molecule has 25 heavy (non-hydrogen) atoms. The maximum Gasteiger partial charge on any atom is 0.169 e. The summed E-state index contributed by atoms with van der Waals surface area (Å²) in [7, 11) is 0.0705. The monoisotopic (exact) mass is 374 g/mol. The van der Waals surface area contributed by atoms with Gasteiger partial charge in [-0.1, -0.05) is 23.9 Å². The summed E-state index contributed by atoms with van der Waals surface area (Å²) in [5, 5.41) is 1.24. The van der Waals surface area contributed by atoms with Gasteiger partial charge in [0, 0.05) is 29.7 Å². The Morgan fingerprint density at radius 2 is 1.84 bits per heavy atom. The molecule has 0 atom stereocenters. The second kappa shape index (κ2) is 8.25. The third-order valence-corrected chi connectivity index (χ3v) is 6.52. The smallest absolute Gasteiger partial charge is 0.169 e. The number of aromatic nitrogens is 1. The normalized spacial score (nSPS) is 15.2. The van der Waals surface area contributed by atoms with Gasteiger partial charge in [0.05, 0.1) is 17.9 Å². The van der Waals surface area contributed by atoms with Crippen molar-refractivity contribution in [3.63, 3.8) is 0 Å². The largest absolute Gasteiger partial charge is 0.358 e. The predicted octanol–water partition coefficient (Wildman–Crippen LogP) is 4.88. The minimum absolute atomic E-state index is 0. The first-order chi connectivity index (χ1) is 11.4. The van der Waals surface area contributed by atoms with Crippen molar-refractivity contribution in [1.29, 1.82) is 0 Å². The van der Waals surface area contributed by atoms with Crippen LogP contribution in [0.15, 0.2) is 58.7 Å². The number of hydrogen-bond donors (Lipinski definition) is 0. The molecule has 0 saturated heterocycles. The van der Waals surface area contributed by atoms with E-state index in [9.17, 15) is 4.57 Å². The zero-order valence-electron chi connectivity index (χ0n) is 15.5. The molecule has 0 aliphatic carbocycles. The summed E-state index contributed by atoms with van der Waals surface area (Å²) < 4.78 is 14.0. The molecule has 5 heteroatoms. The van der Waals surface area contributed by atoms with E-state index in [2.05, 4.69) is 59.8 Å². The summed E-state index contributed by atoms with van der Waals surface area (Å²) in [4.78, 5) is 3.66. The van der Waals surface area contributed by atoms with Gasteiger partial charge >= 0.3 is 0 Å². The van der Waals surface area contributed by atoms with Gasteiger partial charge in [-0.15, -0.1) is 0 Å². The second-order valence-electron chi connectivity index (χ2n) is 6.65. The molecule has 1 aromatic carbocycles. The van der Waals surface area contributed by atoms with E-state index in [0.29, 0.717) is 0 Å². The molecule has 0 amide bonds. The highest BCUT2D eigenvalue weighted by Gasteiger charge is 2.24. The topological polar surface area (TPSA) is 24.2 Å². The molecule has 0 unspecified atom stereocenters. The average molecular weight is 374 g/mol. The quantitative estimate of drug-likeness (QED) is 0.423. The van der Waals surface area contributed by atoms with Crippen LogP contribution >= 0.6 is 18.9 Å². The summed E-state index contributed by atoms with van der Waals surface area (Å²) in [6.07, 6.45) is 8.11. The SMILES string of the molecule is C[n+]1ccc(C=C2Sc3ccccc3N2CCCP(C)(C)=O)cc1.[CH3-]. The van der Waals surface area contributed by atoms with Gasteiger partial charge in [-0.3, -0.25) is 0 Å². The number of fused-ring (bicyclic) bond motifs is 1. The van der Waals surface area contributed by atoms with Gasteiger partial charge in [-0.25, -0.2) is 4.57 Å². The summed E-state index contributed by atoms with van der Waals surface area (Å²) in [5.74, 6) is 0. The first-order valence-corrected chi connectivity index (χ1v) is 11.8. The Bertz CT molecular complexity index is 796.